The number of ether oxygens (including phenoxy) is 1. The molecule has 2 aliphatic rings. The van der Waals surface area contributed by atoms with Gasteiger partial charge in [0.1, 0.15) is 17.8 Å². The molecule has 5 rings (SSSR count). The minimum absolute atomic E-state index is 0.0379. The first-order chi connectivity index (χ1) is 14.5. The third-order valence-electron chi connectivity index (χ3n) is 5.65. The normalized spacial score (nSPS) is 17.2. The Hall–Kier alpha value is -3.44. The molecule has 2 N–H and O–H groups in total. The van der Waals surface area contributed by atoms with E-state index in [0.717, 1.165) is 35.2 Å². The second-order valence-electron chi connectivity index (χ2n) is 8.18. The summed E-state index contributed by atoms with van der Waals surface area (Å²) in [6.45, 7) is 3.52. The molecule has 30 heavy (non-hydrogen) atoms. The molecule has 4 heterocycles. The smallest absolute Gasteiger partial charge is 0.228 e. The summed E-state index contributed by atoms with van der Waals surface area (Å²) in [6.07, 6.45) is 5.49. The van der Waals surface area contributed by atoms with Gasteiger partial charge in [-0.1, -0.05) is 0 Å². The number of hydrogen-bond donors (Lipinski definition) is 2. The maximum atomic E-state index is 12.0. The maximum Gasteiger partial charge on any atom is 0.228 e. The number of rotatable bonds is 6. The SMILES string of the molecule is Cc1cc(-c2ccn3nc(NC(=O)C4CC4)cc3c2)c(OCC2(C#N)CNC2)cn1. The summed E-state index contributed by atoms with van der Waals surface area (Å²) in [5, 5.41) is 19.9. The van der Waals surface area contributed by atoms with E-state index in [2.05, 4.69) is 26.8 Å². The Morgan fingerprint density at radius 1 is 1.40 bits per heavy atom. The zero-order valence-electron chi connectivity index (χ0n) is 16.7. The van der Waals surface area contributed by atoms with Crippen LogP contribution in [0.1, 0.15) is 18.5 Å². The van der Waals surface area contributed by atoms with E-state index >= 15 is 0 Å². The molecule has 0 aromatic carbocycles. The van der Waals surface area contributed by atoms with Crippen molar-refractivity contribution in [3.05, 3.63) is 42.4 Å². The van der Waals surface area contributed by atoms with E-state index in [4.69, 9.17) is 4.74 Å². The largest absolute Gasteiger partial charge is 0.490 e. The van der Waals surface area contributed by atoms with Gasteiger partial charge in [-0.2, -0.15) is 10.4 Å². The third-order valence-corrected chi connectivity index (χ3v) is 5.65. The predicted octanol–water partition coefficient (Wildman–Crippen LogP) is 2.55. The van der Waals surface area contributed by atoms with Crippen molar-refractivity contribution >= 4 is 17.2 Å². The van der Waals surface area contributed by atoms with E-state index in [1.54, 1.807) is 10.7 Å². The molecule has 2 fully saturated rings. The third kappa shape index (κ3) is 3.48. The second kappa shape index (κ2) is 7.11. The number of pyridine rings is 2. The van der Waals surface area contributed by atoms with E-state index in [1.807, 2.05) is 37.4 Å². The Morgan fingerprint density at radius 2 is 2.23 bits per heavy atom. The minimum atomic E-state index is -0.480. The van der Waals surface area contributed by atoms with Gasteiger partial charge in [-0.3, -0.25) is 9.78 Å². The number of anilines is 1. The molecular weight excluding hydrogens is 380 g/mol. The fraction of sp³-hybridized carbons (Fsp3) is 0.364. The number of nitrogens with one attached hydrogen (secondary N) is 2. The average molecular weight is 402 g/mol. The number of fused-ring (bicyclic) bond motifs is 1. The van der Waals surface area contributed by atoms with Crippen LogP contribution in [0.25, 0.3) is 16.6 Å². The molecule has 8 nitrogen and oxygen atoms in total. The molecule has 1 saturated carbocycles. The van der Waals surface area contributed by atoms with Gasteiger partial charge in [-0.15, -0.1) is 0 Å². The van der Waals surface area contributed by atoms with Crippen molar-refractivity contribution in [3.63, 3.8) is 0 Å². The van der Waals surface area contributed by atoms with Gasteiger partial charge in [0, 0.05) is 42.5 Å². The number of hydrogen-bond acceptors (Lipinski definition) is 6. The molecule has 3 aromatic rings. The Morgan fingerprint density at radius 3 is 2.93 bits per heavy atom. The highest BCUT2D eigenvalue weighted by atomic mass is 16.5. The molecule has 8 heteroatoms. The summed E-state index contributed by atoms with van der Waals surface area (Å²) < 4.78 is 7.78. The van der Waals surface area contributed by atoms with Crippen LogP contribution >= 0.6 is 0 Å². The molecule has 0 radical (unpaired) electrons. The number of aromatic nitrogens is 3. The van der Waals surface area contributed by atoms with E-state index in [1.165, 1.54) is 0 Å². The van der Waals surface area contributed by atoms with Crippen LogP contribution in [0.4, 0.5) is 5.82 Å². The molecule has 1 amide bonds. The van der Waals surface area contributed by atoms with Gasteiger partial charge >= 0.3 is 0 Å². The van der Waals surface area contributed by atoms with E-state index in [-0.39, 0.29) is 11.8 Å². The van der Waals surface area contributed by atoms with Crippen LogP contribution in [0, 0.1) is 29.6 Å². The molecule has 0 unspecified atom stereocenters. The lowest BCUT2D eigenvalue weighted by Gasteiger charge is -2.35. The molecule has 0 bridgehead atoms. The lowest BCUT2D eigenvalue weighted by Crippen LogP contribution is -2.55. The Kier molecular flexibility index (Phi) is 4.40. The van der Waals surface area contributed by atoms with Crippen LogP contribution in [0.15, 0.2) is 36.7 Å². The van der Waals surface area contributed by atoms with Crippen molar-refractivity contribution in [1.29, 1.82) is 5.26 Å². The van der Waals surface area contributed by atoms with Crippen molar-refractivity contribution in [2.45, 2.75) is 19.8 Å². The van der Waals surface area contributed by atoms with Gasteiger partial charge in [-0.05, 0) is 43.5 Å². The van der Waals surface area contributed by atoms with Crippen molar-refractivity contribution in [2.24, 2.45) is 11.3 Å². The highest BCUT2D eigenvalue weighted by Gasteiger charge is 2.38. The molecule has 152 valence electrons. The van der Waals surface area contributed by atoms with Crippen LogP contribution in [-0.4, -0.2) is 40.2 Å². The van der Waals surface area contributed by atoms with Crippen LogP contribution in [-0.2, 0) is 4.79 Å². The molecular formula is C22H22N6O2. The van der Waals surface area contributed by atoms with Gasteiger partial charge in [0.15, 0.2) is 5.82 Å². The first-order valence-corrected chi connectivity index (χ1v) is 10.1. The molecule has 3 aromatic heterocycles. The molecule has 1 aliphatic carbocycles. The predicted molar refractivity (Wildman–Crippen MR) is 111 cm³/mol. The zero-order chi connectivity index (χ0) is 20.7. The molecule has 1 aliphatic heterocycles. The summed E-state index contributed by atoms with van der Waals surface area (Å²) in [4.78, 5) is 16.4. The Balaban J connectivity index is 1.43. The van der Waals surface area contributed by atoms with Crippen molar-refractivity contribution in [3.8, 4) is 22.9 Å². The summed E-state index contributed by atoms with van der Waals surface area (Å²) in [7, 11) is 0. The topological polar surface area (TPSA) is 104 Å². The van der Waals surface area contributed by atoms with Crippen molar-refractivity contribution in [1.82, 2.24) is 19.9 Å². The van der Waals surface area contributed by atoms with Crippen LogP contribution in [0.3, 0.4) is 0 Å². The standard InChI is InChI=1S/C22H22N6O2/c1-14-6-18(19(9-25-14)30-13-22(10-23)11-24-12-22)16-4-5-28-17(7-16)8-20(27-28)26-21(29)15-2-3-15/h4-9,15,24H,2-3,11-13H2,1H3,(H,26,27,29). The lowest BCUT2D eigenvalue weighted by molar-refractivity contribution is -0.117. The highest BCUT2D eigenvalue weighted by Crippen LogP contribution is 2.33. The van der Waals surface area contributed by atoms with Gasteiger partial charge in [0.2, 0.25) is 5.91 Å². The number of amides is 1. The Labute approximate surface area is 173 Å². The first-order valence-electron chi connectivity index (χ1n) is 10.1. The fourth-order valence-electron chi connectivity index (χ4n) is 3.54. The van der Waals surface area contributed by atoms with Crippen LogP contribution in [0.2, 0.25) is 0 Å². The number of carbonyl (C=O) groups excluding carboxylic acids is 1. The quantitative estimate of drug-likeness (QED) is 0.657. The second-order valence-corrected chi connectivity index (χ2v) is 8.18. The highest BCUT2D eigenvalue weighted by molar-refractivity contribution is 5.93. The number of nitrogens with zero attached hydrogens (tertiary/aromatic N) is 4. The summed E-state index contributed by atoms with van der Waals surface area (Å²) in [6, 6.07) is 10.2. The summed E-state index contributed by atoms with van der Waals surface area (Å²) in [5.41, 5.74) is 3.14. The number of aryl methyl sites for hydroxylation is 1. The monoisotopic (exact) mass is 402 g/mol. The van der Waals surface area contributed by atoms with Crippen molar-refractivity contribution < 1.29 is 9.53 Å². The fourth-order valence-corrected chi connectivity index (χ4v) is 3.54. The summed E-state index contributed by atoms with van der Waals surface area (Å²) in [5.74, 6) is 1.37. The van der Waals surface area contributed by atoms with Crippen molar-refractivity contribution in [2.75, 3.05) is 25.0 Å². The molecule has 1 saturated heterocycles. The van der Waals surface area contributed by atoms with E-state index in [0.29, 0.717) is 31.3 Å². The van der Waals surface area contributed by atoms with Gasteiger partial charge < -0.3 is 15.4 Å². The van der Waals surface area contributed by atoms with Gasteiger partial charge in [0.05, 0.1) is 17.8 Å². The van der Waals surface area contributed by atoms with Gasteiger partial charge in [0.25, 0.3) is 0 Å². The molecule has 0 spiro atoms. The zero-order valence-corrected chi connectivity index (χ0v) is 16.7. The van der Waals surface area contributed by atoms with Gasteiger partial charge in [-0.25, -0.2) is 4.52 Å². The Bertz CT molecular complexity index is 1170. The average Bonchev–Trinajstić information content (AvgIpc) is 3.48. The summed E-state index contributed by atoms with van der Waals surface area (Å²) >= 11 is 0. The minimum Gasteiger partial charge on any atom is -0.490 e. The van der Waals surface area contributed by atoms with E-state index < -0.39 is 5.41 Å². The lowest BCUT2D eigenvalue weighted by atomic mass is 9.84. The van der Waals surface area contributed by atoms with Crippen LogP contribution in [0.5, 0.6) is 5.75 Å². The number of nitriles is 1. The first kappa shape index (κ1) is 18.6. The van der Waals surface area contributed by atoms with E-state index in [9.17, 15) is 10.1 Å². The number of carbonyl (C=O) groups is 1. The molecule has 0 atom stereocenters. The van der Waals surface area contributed by atoms with Crippen LogP contribution < -0.4 is 15.4 Å². The maximum absolute atomic E-state index is 12.0.